The first-order chi connectivity index (χ1) is 20.1. The molecule has 0 saturated carbocycles. The summed E-state index contributed by atoms with van der Waals surface area (Å²) in [5.41, 5.74) is 3.56. The van der Waals surface area contributed by atoms with Crippen molar-refractivity contribution in [3.8, 4) is 0 Å². The van der Waals surface area contributed by atoms with Crippen LogP contribution in [0.5, 0.6) is 0 Å². The highest BCUT2D eigenvalue weighted by Gasteiger charge is 2.24. The zero-order chi connectivity index (χ0) is 32.2. The van der Waals surface area contributed by atoms with E-state index in [9.17, 15) is 18.4 Å². The van der Waals surface area contributed by atoms with Gasteiger partial charge in [-0.1, -0.05) is 52.3 Å². The molecule has 42 heavy (non-hydrogen) atoms. The Morgan fingerprint density at radius 3 is 2.36 bits per heavy atom. The zero-order valence-corrected chi connectivity index (χ0v) is 27.8. The molecule has 2 aromatic carbocycles. The van der Waals surface area contributed by atoms with Crippen molar-refractivity contribution in [3.05, 3.63) is 86.7 Å². The van der Waals surface area contributed by atoms with Crippen molar-refractivity contribution in [1.29, 1.82) is 0 Å². The molecule has 2 rings (SSSR count). The molecule has 2 N–H and O–H groups in total. The second-order valence-electron chi connectivity index (χ2n) is 9.23. The molecule has 0 saturated heterocycles. The van der Waals surface area contributed by atoms with Gasteiger partial charge in [-0.15, -0.1) is 0 Å². The summed E-state index contributed by atoms with van der Waals surface area (Å²) in [5.74, 6) is -1.45. The van der Waals surface area contributed by atoms with Gasteiger partial charge in [0.2, 0.25) is 0 Å². The van der Waals surface area contributed by atoms with Crippen LogP contribution in [0.3, 0.4) is 0 Å². The van der Waals surface area contributed by atoms with E-state index in [1.165, 1.54) is 6.07 Å². The maximum Gasteiger partial charge on any atom is 0.273 e. The van der Waals surface area contributed by atoms with Crippen LogP contribution >= 0.6 is 15.9 Å². The van der Waals surface area contributed by atoms with E-state index in [-0.39, 0.29) is 34.2 Å². The smallest absolute Gasteiger partial charge is 0.273 e. The normalized spacial score (nSPS) is 12.1. The van der Waals surface area contributed by atoms with E-state index >= 15 is 0 Å². The van der Waals surface area contributed by atoms with E-state index in [2.05, 4.69) is 28.2 Å². The third-order valence-corrected chi connectivity index (χ3v) is 7.01. The summed E-state index contributed by atoms with van der Waals surface area (Å²) < 4.78 is 33.1. The highest BCUT2D eigenvalue weighted by Crippen LogP contribution is 2.30. The Morgan fingerprint density at radius 2 is 1.79 bits per heavy atom. The Bertz CT molecular complexity index is 1180. The first-order valence-electron chi connectivity index (χ1n) is 14.3. The van der Waals surface area contributed by atoms with Crippen LogP contribution < -0.4 is 10.2 Å². The van der Waals surface area contributed by atoms with Crippen molar-refractivity contribution >= 4 is 33.8 Å². The van der Waals surface area contributed by atoms with Crippen LogP contribution in [0.25, 0.3) is 0 Å². The zero-order valence-electron chi connectivity index (χ0n) is 26.2. The van der Waals surface area contributed by atoms with E-state index in [0.717, 1.165) is 67.3 Å². The highest BCUT2D eigenvalue weighted by atomic mass is 79.9. The van der Waals surface area contributed by atoms with E-state index in [0.29, 0.717) is 13.1 Å². The van der Waals surface area contributed by atoms with Crippen LogP contribution in [0.1, 0.15) is 77.5 Å². The molecule has 0 aliphatic heterocycles. The Balaban J connectivity index is 0.00000402. The summed E-state index contributed by atoms with van der Waals surface area (Å²) in [7, 11) is 1.00. The number of carbonyl (C=O) groups excluding carboxylic acids is 2. The number of anilines is 1. The SMILES string of the molecule is CC.CC/C=C(\C)N(C(=O)/C(Br)=C(\C)OCc1ccc(F)cc1F)c1cc(CNCC(C=O)CCC)ccc1C.CO. The molecule has 0 spiro atoms. The predicted octanol–water partition coefficient (Wildman–Crippen LogP) is 8.10. The van der Waals surface area contributed by atoms with Gasteiger partial charge in [-0.05, 0) is 78.9 Å². The number of aldehydes is 1. The van der Waals surface area contributed by atoms with E-state index in [1.54, 1.807) is 11.8 Å². The molecule has 1 amide bonds. The first kappa shape index (κ1) is 39.1. The molecule has 0 radical (unpaired) electrons. The van der Waals surface area contributed by atoms with Gasteiger partial charge in [-0.3, -0.25) is 9.69 Å². The molecule has 9 heteroatoms. The van der Waals surface area contributed by atoms with Gasteiger partial charge in [0.15, 0.2) is 0 Å². The molecule has 6 nitrogen and oxygen atoms in total. The topological polar surface area (TPSA) is 78.9 Å². The van der Waals surface area contributed by atoms with Gasteiger partial charge in [-0.25, -0.2) is 8.78 Å². The van der Waals surface area contributed by atoms with Gasteiger partial charge in [-0.2, -0.15) is 0 Å². The lowest BCUT2D eigenvalue weighted by molar-refractivity contribution is -0.114. The number of ether oxygens (including phenoxy) is 1. The van der Waals surface area contributed by atoms with Crippen LogP contribution in [-0.2, 0) is 27.5 Å². The number of benzene rings is 2. The Labute approximate surface area is 259 Å². The number of amides is 1. The van der Waals surface area contributed by atoms with Crippen molar-refractivity contribution in [2.24, 2.45) is 5.92 Å². The van der Waals surface area contributed by atoms with Crippen molar-refractivity contribution in [2.75, 3.05) is 18.6 Å². The number of halogens is 3. The molecule has 0 fully saturated rings. The number of rotatable bonds is 14. The minimum atomic E-state index is -0.709. The maximum atomic E-state index is 14.0. The van der Waals surface area contributed by atoms with Gasteiger partial charge < -0.3 is 20.0 Å². The number of allylic oxidation sites excluding steroid dienone is 3. The molecule has 0 heterocycles. The summed E-state index contributed by atoms with van der Waals surface area (Å²) >= 11 is 3.39. The Hall–Kier alpha value is -2.88. The third kappa shape index (κ3) is 12.5. The summed E-state index contributed by atoms with van der Waals surface area (Å²) in [6.07, 6.45) is 5.49. The van der Waals surface area contributed by atoms with Crippen LogP contribution in [-0.4, -0.2) is 31.0 Å². The van der Waals surface area contributed by atoms with Crippen molar-refractivity contribution in [2.45, 2.75) is 80.9 Å². The number of aryl methyl sites for hydroxylation is 1. The van der Waals surface area contributed by atoms with Gasteiger partial charge in [0.1, 0.15) is 34.8 Å². The predicted molar refractivity (Wildman–Crippen MR) is 171 cm³/mol. The summed E-state index contributed by atoms with van der Waals surface area (Å²) in [6.45, 7) is 14.5. The second-order valence-corrected chi connectivity index (χ2v) is 10.0. The fourth-order valence-electron chi connectivity index (χ4n) is 3.98. The number of hydrogen-bond acceptors (Lipinski definition) is 5. The fraction of sp³-hybridized carbons (Fsp3) is 0.455. The molecular weight excluding hydrogens is 606 g/mol. The molecule has 1 atom stereocenters. The highest BCUT2D eigenvalue weighted by molar-refractivity contribution is 9.12. The number of aliphatic hydroxyl groups excluding tert-OH is 1. The summed E-state index contributed by atoms with van der Waals surface area (Å²) in [4.78, 5) is 26.6. The number of nitrogens with zero attached hydrogens (tertiary/aromatic N) is 1. The van der Waals surface area contributed by atoms with Crippen LogP contribution in [0, 0.1) is 24.5 Å². The van der Waals surface area contributed by atoms with Gasteiger partial charge >= 0.3 is 0 Å². The van der Waals surface area contributed by atoms with Crippen molar-refractivity contribution in [1.82, 2.24) is 5.32 Å². The third-order valence-electron chi connectivity index (χ3n) is 6.11. The van der Waals surface area contributed by atoms with Gasteiger partial charge in [0.25, 0.3) is 5.91 Å². The van der Waals surface area contributed by atoms with Gasteiger partial charge in [0.05, 0.1) is 5.69 Å². The molecule has 1 unspecified atom stereocenters. The van der Waals surface area contributed by atoms with E-state index in [4.69, 9.17) is 9.84 Å². The number of carbonyl (C=O) groups is 2. The molecule has 0 aliphatic rings. The average molecular weight is 654 g/mol. The molecule has 234 valence electrons. The largest absolute Gasteiger partial charge is 0.492 e. The molecule has 0 bridgehead atoms. The quantitative estimate of drug-likeness (QED) is 0.122. The monoisotopic (exact) mass is 652 g/mol. The van der Waals surface area contributed by atoms with E-state index in [1.807, 2.05) is 58.9 Å². The summed E-state index contributed by atoms with van der Waals surface area (Å²) in [6, 6.07) is 9.21. The van der Waals surface area contributed by atoms with Crippen LogP contribution in [0.15, 0.2) is 58.4 Å². The number of aliphatic hydroxyl groups is 1. The molecule has 0 aromatic heterocycles. The van der Waals surface area contributed by atoms with Gasteiger partial charge in [0, 0.05) is 43.4 Å². The minimum Gasteiger partial charge on any atom is -0.492 e. The molecular formula is C33H47BrF2N2O4. The van der Waals surface area contributed by atoms with Crippen LogP contribution in [0.2, 0.25) is 0 Å². The Morgan fingerprint density at radius 1 is 1.12 bits per heavy atom. The number of nitrogens with one attached hydrogen (secondary N) is 1. The lowest BCUT2D eigenvalue weighted by atomic mass is 10.0. The van der Waals surface area contributed by atoms with Crippen LogP contribution in [0.4, 0.5) is 14.5 Å². The van der Waals surface area contributed by atoms with E-state index < -0.39 is 11.6 Å². The van der Waals surface area contributed by atoms with Crippen molar-refractivity contribution < 1.29 is 28.2 Å². The number of hydrogen-bond donors (Lipinski definition) is 2. The average Bonchev–Trinajstić information content (AvgIpc) is 2.99. The Kier molecular flexibility index (Phi) is 20.3. The standard InChI is InChI=1S/C30H37BrF2N2O3.C2H6.CH4O/c1-6-8-21(4)35(28-14-23(11-10-20(28)3)16-34-17-24(18-36)9-7-2)30(37)29(31)22(5)38-19-25-12-13-26(32)15-27(25)33;2*1-2/h8,10-15,18,24,34H,6-7,9,16-17,19H2,1-5H3;1-2H3;2H,1H3/b21-8+,29-22-;;. The lowest BCUT2D eigenvalue weighted by Crippen LogP contribution is -2.31. The fourth-order valence-corrected chi connectivity index (χ4v) is 4.27. The first-order valence-corrected chi connectivity index (χ1v) is 15.1. The second kappa shape index (κ2) is 21.8. The van der Waals surface area contributed by atoms with Crippen molar-refractivity contribution in [3.63, 3.8) is 0 Å². The molecule has 0 aliphatic carbocycles. The summed E-state index contributed by atoms with van der Waals surface area (Å²) in [5, 5.41) is 10.3. The maximum absolute atomic E-state index is 14.0. The lowest BCUT2D eigenvalue weighted by Gasteiger charge is -2.26. The molecule has 2 aromatic rings. The minimum absolute atomic E-state index is 0.0230.